The van der Waals surface area contributed by atoms with E-state index in [1.165, 1.54) is 14.0 Å². The zero-order chi connectivity index (χ0) is 19.1. The van der Waals surface area contributed by atoms with Gasteiger partial charge >= 0.3 is 5.97 Å². The quantitative estimate of drug-likeness (QED) is 0.724. The Bertz CT molecular complexity index is 905. The summed E-state index contributed by atoms with van der Waals surface area (Å²) in [4.78, 5) is 24.6. The Morgan fingerprint density at radius 3 is 2.58 bits per heavy atom. The summed E-state index contributed by atoms with van der Waals surface area (Å²) in [7, 11) is -2.18. The lowest BCUT2D eigenvalue weighted by Gasteiger charge is -2.27. The molecule has 1 unspecified atom stereocenters. The second-order valence-corrected chi connectivity index (χ2v) is 8.15. The van der Waals surface area contributed by atoms with Gasteiger partial charge in [0.1, 0.15) is 5.75 Å². The Hall–Kier alpha value is -2.55. The van der Waals surface area contributed by atoms with Crippen LogP contribution >= 0.6 is 0 Å². The first-order valence-electron chi connectivity index (χ1n) is 8.01. The van der Waals surface area contributed by atoms with Crippen molar-refractivity contribution in [3.8, 4) is 5.75 Å². The topological polar surface area (TPSA) is 99.2 Å². The van der Waals surface area contributed by atoms with Crippen molar-refractivity contribution in [2.45, 2.75) is 25.9 Å². The highest BCUT2D eigenvalue weighted by atomic mass is 32.2. The molecule has 9 heteroatoms. The third kappa shape index (κ3) is 2.82. The first-order valence-corrected chi connectivity index (χ1v) is 9.62. The lowest BCUT2D eigenvalue weighted by Crippen LogP contribution is -2.33. The minimum absolute atomic E-state index is 0.0627. The van der Waals surface area contributed by atoms with E-state index in [0.29, 0.717) is 17.7 Å². The number of para-hydroxylation sites is 1. The van der Waals surface area contributed by atoms with Gasteiger partial charge in [0.05, 0.1) is 12.9 Å². The lowest BCUT2D eigenvalue weighted by molar-refractivity contribution is -0.142. The summed E-state index contributed by atoms with van der Waals surface area (Å²) in [5.41, 5.74) is -1.17. The van der Waals surface area contributed by atoms with Crippen LogP contribution in [-0.2, 0) is 34.7 Å². The van der Waals surface area contributed by atoms with Crippen molar-refractivity contribution < 1.29 is 32.2 Å². The van der Waals surface area contributed by atoms with Crippen molar-refractivity contribution in [3.05, 3.63) is 41.5 Å². The van der Waals surface area contributed by atoms with Crippen molar-refractivity contribution in [3.63, 3.8) is 0 Å². The molecule has 0 spiro atoms. The fourth-order valence-electron chi connectivity index (χ4n) is 3.08. The zero-order valence-electron chi connectivity index (χ0n) is 14.6. The van der Waals surface area contributed by atoms with Crippen molar-refractivity contribution in [2.24, 2.45) is 0 Å². The van der Waals surface area contributed by atoms with Crippen molar-refractivity contribution >= 4 is 21.8 Å². The fraction of sp³-hybridized carbons (Fsp3) is 0.412. The first kappa shape index (κ1) is 18.2. The van der Waals surface area contributed by atoms with E-state index in [1.807, 2.05) is 0 Å². The molecule has 2 aliphatic heterocycles. The second kappa shape index (κ2) is 6.31. The summed E-state index contributed by atoms with van der Waals surface area (Å²) in [6.45, 7) is 2.78. The summed E-state index contributed by atoms with van der Waals surface area (Å²) in [6, 6.07) is 6.74. The van der Waals surface area contributed by atoms with Crippen molar-refractivity contribution in [1.29, 1.82) is 0 Å². The van der Waals surface area contributed by atoms with Gasteiger partial charge < -0.3 is 14.2 Å². The number of methoxy groups -OCH3 is 1. The number of esters is 1. The number of sulfonamides is 1. The maximum absolute atomic E-state index is 13.1. The normalized spacial score (nSPS) is 24.6. The van der Waals surface area contributed by atoms with Crippen molar-refractivity contribution in [2.75, 3.05) is 19.4 Å². The molecule has 26 heavy (non-hydrogen) atoms. The number of nitrogens with zero attached hydrogens (tertiary/aromatic N) is 1. The molecular formula is C17H19NO7S. The number of hydrogen-bond donors (Lipinski definition) is 0. The van der Waals surface area contributed by atoms with E-state index in [0.717, 1.165) is 11.2 Å². The van der Waals surface area contributed by atoms with Crippen molar-refractivity contribution in [1.82, 2.24) is 4.31 Å². The molecule has 0 aromatic heterocycles. The minimum atomic E-state index is -3.64. The number of benzene rings is 1. The molecule has 0 saturated carbocycles. The molecule has 8 nitrogen and oxygen atoms in total. The van der Waals surface area contributed by atoms with Gasteiger partial charge in [0, 0.05) is 19.0 Å². The van der Waals surface area contributed by atoms with Crippen LogP contribution in [0.3, 0.4) is 0 Å². The van der Waals surface area contributed by atoms with Crippen LogP contribution in [-0.4, -0.2) is 43.9 Å². The molecule has 1 fully saturated rings. The van der Waals surface area contributed by atoms with Gasteiger partial charge in [-0.3, -0.25) is 9.59 Å². The number of carbonyl (C=O) groups excluding carboxylic acids is 2. The van der Waals surface area contributed by atoms with Crippen LogP contribution in [0.25, 0.3) is 0 Å². The Balaban J connectivity index is 2.12. The summed E-state index contributed by atoms with van der Waals surface area (Å²) >= 11 is 0. The molecule has 1 saturated heterocycles. The molecule has 3 rings (SSSR count). The SMILES string of the molecule is COc1ccccc1C1(C)OC(N2CCCS2(=O)=O)=C(OC(C)=O)C1=O. The van der Waals surface area contributed by atoms with E-state index in [2.05, 4.69) is 0 Å². The van der Waals surface area contributed by atoms with Crippen LogP contribution in [0.5, 0.6) is 5.75 Å². The monoisotopic (exact) mass is 381 g/mol. The summed E-state index contributed by atoms with van der Waals surface area (Å²) in [5, 5.41) is 0. The zero-order valence-corrected chi connectivity index (χ0v) is 15.5. The number of ether oxygens (including phenoxy) is 3. The van der Waals surface area contributed by atoms with Gasteiger partial charge in [-0.2, -0.15) is 0 Å². The van der Waals surface area contributed by atoms with Gasteiger partial charge in [-0.05, 0) is 19.4 Å². The van der Waals surface area contributed by atoms with E-state index < -0.39 is 33.1 Å². The Kier molecular flexibility index (Phi) is 4.43. The van der Waals surface area contributed by atoms with E-state index in [9.17, 15) is 18.0 Å². The maximum Gasteiger partial charge on any atom is 0.308 e. The standard InChI is InChI=1S/C17H19NO7S/c1-11(19)24-14-15(20)17(2,12-7-4-5-8-13(12)23-3)25-16(14)18-9-6-10-26(18,21)22/h4-5,7-8H,6,9-10H2,1-3H3. The molecular weight excluding hydrogens is 362 g/mol. The number of carbonyl (C=O) groups is 2. The summed E-state index contributed by atoms with van der Waals surface area (Å²) in [5.74, 6) is -1.71. The third-order valence-electron chi connectivity index (χ3n) is 4.33. The molecule has 0 radical (unpaired) electrons. The van der Waals surface area contributed by atoms with Crippen LogP contribution in [0.2, 0.25) is 0 Å². The Morgan fingerprint density at radius 2 is 2.00 bits per heavy atom. The Morgan fingerprint density at radius 1 is 1.31 bits per heavy atom. The summed E-state index contributed by atoms with van der Waals surface area (Å²) in [6.07, 6.45) is 0.391. The second-order valence-electron chi connectivity index (χ2n) is 6.13. The molecule has 2 heterocycles. The maximum atomic E-state index is 13.1. The highest BCUT2D eigenvalue weighted by Gasteiger charge is 2.54. The van der Waals surface area contributed by atoms with Gasteiger partial charge in [0.15, 0.2) is 0 Å². The smallest absolute Gasteiger partial charge is 0.308 e. The first-order chi connectivity index (χ1) is 12.2. The molecule has 140 valence electrons. The molecule has 0 N–H and O–H groups in total. The van der Waals surface area contributed by atoms with E-state index >= 15 is 0 Å². The van der Waals surface area contributed by atoms with Gasteiger partial charge in [-0.25, -0.2) is 12.7 Å². The number of hydrogen-bond acceptors (Lipinski definition) is 7. The fourth-order valence-corrected chi connectivity index (χ4v) is 4.58. The van der Waals surface area contributed by atoms with Gasteiger partial charge in [-0.15, -0.1) is 0 Å². The molecule has 0 aliphatic carbocycles. The molecule has 0 bridgehead atoms. The van der Waals surface area contributed by atoms with E-state index in [1.54, 1.807) is 24.3 Å². The molecule has 1 aromatic carbocycles. The van der Waals surface area contributed by atoms with E-state index in [4.69, 9.17) is 14.2 Å². The van der Waals surface area contributed by atoms with Gasteiger partial charge in [0.25, 0.3) is 11.7 Å². The number of ketones is 1. The third-order valence-corrected chi connectivity index (χ3v) is 6.15. The van der Waals surface area contributed by atoms with Gasteiger partial charge in [0.2, 0.25) is 21.4 Å². The highest BCUT2D eigenvalue weighted by molar-refractivity contribution is 7.89. The van der Waals surface area contributed by atoms with Crippen LogP contribution < -0.4 is 4.74 Å². The van der Waals surface area contributed by atoms with Crippen LogP contribution in [0.4, 0.5) is 0 Å². The van der Waals surface area contributed by atoms with Gasteiger partial charge in [-0.1, -0.05) is 18.2 Å². The molecule has 2 aliphatic rings. The average molecular weight is 381 g/mol. The number of rotatable bonds is 4. The van der Waals surface area contributed by atoms with Crippen LogP contribution in [0.15, 0.2) is 35.9 Å². The average Bonchev–Trinajstić information content (AvgIpc) is 3.06. The largest absolute Gasteiger partial charge is 0.496 e. The molecule has 0 amide bonds. The van der Waals surface area contributed by atoms with Crippen LogP contribution in [0.1, 0.15) is 25.8 Å². The molecule has 1 aromatic rings. The highest BCUT2D eigenvalue weighted by Crippen LogP contribution is 2.44. The lowest BCUT2D eigenvalue weighted by atomic mass is 9.91. The number of Topliss-reactive ketones (excluding diaryl/α,β-unsaturated/α-hetero) is 1. The predicted molar refractivity (Wildman–Crippen MR) is 90.3 cm³/mol. The van der Waals surface area contributed by atoms with Crippen LogP contribution in [0, 0.1) is 0 Å². The van der Waals surface area contributed by atoms with E-state index in [-0.39, 0.29) is 18.2 Å². The molecule has 1 atom stereocenters. The predicted octanol–water partition coefficient (Wildman–Crippen LogP) is 1.28. The summed E-state index contributed by atoms with van der Waals surface area (Å²) < 4.78 is 41.8. The minimum Gasteiger partial charge on any atom is -0.496 e. The Labute approximate surface area is 151 Å².